The van der Waals surface area contributed by atoms with Crippen LogP contribution in [0, 0.1) is 12.7 Å². The highest BCUT2D eigenvalue weighted by Crippen LogP contribution is 2.27. The lowest BCUT2D eigenvalue weighted by Gasteiger charge is -2.00. The fraction of sp³-hybridized carbons (Fsp3) is 0.0833. The average Bonchev–Trinajstić information content (AvgIpc) is 2.66. The van der Waals surface area contributed by atoms with Crippen LogP contribution in [-0.2, 0) is 0 Å². The maximum absolute atomic E-state index is 13.6. The van der Waals surface area contributed by atoms with Crippen LogP contribution in [0.5, 0.6) is 0 Å². The van der Waals surface area contributed by atoms with Crippen molar-refractivity contribution in [1.82, 2.24) is 0 Å². The molecule has 0 aliphatic heterocycles. The molecule has 0 amide bonds. The van der Waals surface area contributed by atoms with E-state index in [0.717, 1.165) is 17.4 Å². The third-order valence-corrected chi connectivity index (χ3v) is 3.03. The number of benzene rings is 1. The second-order valence-electron chi connectivity index (χ2n) is 3.34. The van der Waals surface area contributed by atoms with E-state index in [4.69, 9.17) is 0 Å². The van der Waals surface area contributed by atoms with Gasteiger partial charge in [0.05, 0.1) is 4.88 Å². The van der Waals surface area contributed by atoms with Crippen molar-refractivity contribution < 1.29 is 9.18 Å². The van der Waals surface area contributed by atoms with E-state index in [1.165, 1.54) is 17.4 Å². The smallest absolute Gasteiger partial charge is 0.160 e. The molecule has 1 nitrogen and oxygen atoms in total. The molecule has 0 radical (unpaired) electrons. The number of hydrogen-bond acceptors (Lipinski definition) is 2. The molecular formula is C12H9FOS. The Morgan fingerprint density at radius 2 is 2.13 bits per heavy atom. The highest BCUT2D eigenvalue weighted by Gasteiger charge is 2.07. The monoisotopic (exact) mass is 220 g/mol. The Morgan fingerprint density at radius 3 is 2.73 bits per heavy atom. The van der Waals surface area contributed by atoms with Crippen LogP contribution in [-0.4, -0.2) is 6.29 Å². The van der Waals surface area contributed by atoms with Crippen molar-refractivity contribution in [3.05, 3.63) is 45.9 Å². The van der Waals surface area contributed by atoms with Crippen LogP contribution in [0.3, 0.4) is 0 Å². The third kappa shape index (κ3) is 1.97. The van der Waals surface area contributed by atoms with Crippen LogP contribution >= 0.6 is 11.3 Å². The molecule has 0 aliphatic carbocycles. The maximum atomic E-state index is 13.6. The van der Waals surface area contributed by atoms with Gasteiger partial charge in [0.2, 0.25) is 0 Å². The topological polar surface area (TPSA) is 17.1 Å². The van der Waals surface area contributed by atoms with E-state index >= 15 is 0 Å². The Labute approximate surface area is 91.2 Å². The van der Waals surface area contributed by atoms with Crippen molar-refractivity contribution in [2.75, 3.05) is 0 Å². The summed E-state index contributed by atoms with van der Waals surface area (Å²) in [6, 6.07) is 6.79. The summed E-state index contributed by atoms with van der Waals surface area (Å²) in [4.78, 5) is 11.1. The van der Waals surface area contributed by atoms with Gasteiger partial charge in [-0.15, -0.1) is 11.3 Å². The zero-order valence-electron chi connectivity index (χ0n) is 8.16. The predicted molar refractivity (Wildman–Crippen MR) is 59.8 cm³/mol. The van der Waals surface area contributed by atoms with Gasteiger partial charge in [0.15, 0.2) is 6.29 Å². The molecule has 1 heterocycles. The van der Waals surface area contributed by atoms with Gasteiger partial charge in [-0.05, 0) is 35.6 Å². The molecule has 2 rings (SSSR count). The summed E-state index contributed by atoms with van der Waals surface area (Å²) in [6.45, 7) is 1.84. The van der Waals surface area contributed by atoms with Crippen molar-refractivity contribution in [1.29, 1.82) is 0 Å². The third-order valence-electron chi connectivity index (χ3n) is 2.17. The van der Waals surface area contributed by atoms with E-state index in [0.29, 0.717) is 10.4 Å². The van der Waals surface area contributed by atoms with E-state index in [9.17, 15) is 9.18 Å². The molecule has 0 spiro atoms. The van der Waals surface area contributed by atoms with Gasteiger partial charge in [-0.2, -0.15) is 0 Å². The first-order valence-electron chi connectivity index (χ1n) is 4.51. The fourth-order valence-electron chi connectivity index (χ4n) is 1.41. The minimum absolute atomic E-state index is 0.245. The van der Waals surface area contributed by atoms with Gasteiger partial charge in [-0.1, -0.05) is 12.1 Å². The summed E-state index contributed by atoms with van der Waals surface area (Å²) in [6.07, 6.45) is 0.778. The number of aldehydes is 1. The Kier molecular flexibility index (Phi) is 2.64. The maximum Gasteiger partial charge on any atom is 0.160 e. The van der Waals surface area contributed by atoms with Crippen molar-refractivity contribution in [2.24, 2.45) is 0 Å². The van der Waals surface area contributed by atoms with Crippen LogP contribution in [0.15, 0.2) is 29.6 Å². The zero-order valence-corrected chi connectivity index (χ0v) is 8.98. The molecule has 0 N–H and O–H groups in total. The van der Waals surface area contributed by atoms with Gasteiger partial charge < -0.3 is 0 Å². The first kappa shape index (κ1) is 10.1. The minimum atomic E-state index is -0.245. The molecule has 76 valence electrons. The van der Waals surface area contributed by atoms with Crippen LogP contribution in [0.4, 0.5) is 4.39 Å². The number of thiophene rings is 1. The van der Waals surface area contributed by atoms with Crippen LogP contribution in [0.2, 0.25) is 0 Å². The average molecular weight is 220 g/mol. The molecule has 0 fully saturated rings. The van der Waals surface area contributed by atoms with Gasteiger partial charge in [0.25, 0.3) is 0 Å². The molecular weight excluding hydrogens is 211 g/mol. The van der Waals surface area contributed by atoms with Gasteiger partial charge in [-0.3, -0.25) is 4.79 Å². The van der Waals surface area contributed by atoms with Crippen molar-refractivity contribution in [3.8, 4) is 11.1 Å². The number of carbonyl (C=O) groups is 1. The number of halogens is 1. The Hall–Kier alpha value is -1.48. The first-order chi connectivity index (χ1) is 7.20. The summed E-state index contributed by atoms with van der Waals surface area (Å²) >= 11 is 1.32. The van der Waals surface area contributed by atoms with Crippen LogP contribution in [0.25, 0.3) is 11.1 Å². The molecule has 2 aromatic rings. The first-order valence-corrected chi connectivity index (χ1v) is 5.39. The van der Waals surface area contributed by atoms with Crippen molar-refractivity contribution >= 4 is 17.6 Å². The quantitative estimate of drug-likeness (QED) is 0.706. The molecule has 1 aromatic carbocycles. The zero-order chi connectivity index (χ0) is 10.8. The Bertz CT molecular complexity index is 502. The Balaban J connectivity index is 2.49. The highest BCUT2D eigenvalue weighted by atomic mass is 32.1. The normalized spacial score (nSPS) is 10.3. The largest absolute Gasteiger partial charge is 0.297 e. The molecule has 0 saturated carbocycles. The number of aryl methyl sites for hydroxylation is 1. The van der Waals surface area contributed by atoms with Gasteiger partial charge in [-0.25, -0.2) is 4.39 Å². The van der Waals surface area contributed by atoms with Gasteiger partial charge >= 0.3 is 0 Å². The molecule has 3 heteroatoms. The van der Waals surface area contributed by atoms with Crippen molar-refractivity contribution in [3.63, 3.8) is 0 Å². The molecule has 15 heavy (non-hydrogen) atoms. The fourth-order valence-corrected chi connectivity index (χ4v) is 2.12. The second kappa shape index (κ2) is 3.95. The minimum Gasteiger partial charge on any atom is -0.297 e. The molecule has 0 unspecified atom stereocenters. The molecule has 0 atom stereocenters. The lowest BCUT2D eigenvalue weighted by atomic mass is 10.1. The van der Waals surface area contributed by atoms with Gasteiger partial charge in [0.1, 0.15) is 5.82 Å². The molecule has 1 aromatic heterocycles. The van der Waals surface area contributed by atoms with Gasteiger partial charge in [0, 0.05) is 5.56 Å². The van der Waals surface area contributed by atoms with E-state index in [1.54, 1.807) is 17.5 Å². The Morgan fingerprint density at radius 1 is 1.33 bits per heavy atom. The lowest BCUT2D eigenvalue weighted by Crippen LogP contribution is -1.83. The second-order valence-corrected chi connectivity index (χ2v) is 4.28. The highest BCUT2D eigenvalue weighted by molar-refractivity contribution is 7.12. The van der Waals surface area contributed by atoms with E-state index < -0.39 is 0 Å². The lowest BCUT2D eigenvalue weighted by molar-refractivity contribution is 0.112. The van der Waals surface area contributed by atoms with E-state index in [2.05, 4.69) is 0 Å². The van der Waals surface area contributed by atoms with E-state index in [-0.39, 0.29) is 5.82 Å². The molecule has 0 bridgehead atoms. The number of rotatable bonds is 2. The van der Waals surface area contributed by atoms with Crippen molar-refractivity contribution in [2.45, 2.75) is 6.92 Å². The summed E-state index contributed by atoms with van der Waals surface area (Å²) in [7, 11) is 0. The summed E-state index contributed by atoms with van der Waals surface area (Å²) in [5.74, 6) is -0.245. The van der Waals surface area contributed by atoms with Crippen LogP contribution < -0.4 is 0 Å². The summed E-state index contributed by atoms with van der Waals surface area (Å²) in [5.41, 5.74) is 2.20. The predicted octanol–water partition coefficient (Wildman–Crippen LogP) is 3.68. The SMILES string of the molecule is Cc1ccc(-c2csc(C=O)c2)c(F)c1. The standard InChI is InChI=1S/C12H9FOS/c1-8-2-3-11(12(13)4-8)9-5-10(6-14)15-7-9/h2-7H,1H3. The molecule has 0 aliphatic rings. The number of carbonyl (C=O) groups excluding carboxylic acids is 1. The summed E-state index contributed by atoms with van der Waals surface area (Å²) in [5, 5.41) is 1.79. The molecule has 0 saturated heterocycles. The number of hydrogen-bond donors (Lipinski definition) is 0. The summed E-state index contributed by atoms with van der Waals surface area (Å²) < 4.78 is 13.6. The van der Waals surface area contributed by atoms with Crippen LogP contribution in [0.1, 0.15) is 15.2 Å². The van der Waals surface area contributed by atoms with E-state index in [1.807, 2.05) is 13.0 Å².